The molecule has 0 heterocycles. The molecule has 0 aromatic rings. The van der Waals surface area contributed by atoms with E-state index in [1.807, 2.05) is 6.08 Å². The van der Waals surface area contributed by atoms with E-state index in [1.165, 1.54) is 5.57 Å². The van der Waals surface area contributed by atoms with Crippen LogP contribution in [-0.2, 0) is 0 Å². The highest BCUT2D eigenvalue weighted by Crippen LogP contribution is 2.12. The standard InChI is InChI=1S/C8H9Cl/c9-7-6-8-4-2-1-3-5-8/h1-2,4,6-7H,3,5H2/b7-6-. The van der Waals surface area contributed by atoms with Crippen LogP contribution in [0.4, 0.5) is 0 Å². The van der Waals surface area contributed by atoms with Crippen LogP contribution in [0.15, 0.2) is 35.4 Å². The van der Waals surface area contributed by atoms with Crippen molar-refractivity contribution in [1.82, 2.24) is 0 Å². The van der Waals surface area contributed by atoms with E-state index in [4.69, 9.17) is 11.6 Å². The van der Waals surface area contributed by atoms with Crippen molar-refractivity contribution >= 4 is 11.6 Å². The van der Waals surface area contributed by atoms with Crippen molar-refractivity contribution in [3.63, 3.8) is 0 Å². The quantitative estimate of drug-likeness (QED) is 0.525. The monoisotopic (exact) mass is 140 g/mol. The lowest BCUT2D eigenvalue weighted by Crippen LogP contribution is -1.80. The third kappa shape index (κ3) is 2.06. The number of hydrogen-bond donors (Lipinski definition) is 0. The van der Waals surface area contributed by atoms with Crippen LogP contribution in [0.2, 0.25) is 0 Å². The molecule has 0 nitrogen and oxygen atoms in total. The molecule has 0 atom stereocenters. The molecule has 0 aliphatic heterocycles. The summed E-state index contributed by atoms with van der Waals surface area (Å²) in [6.07, 6.45) is 10.5. The average molecular weight is 141 g/mol. The van der Waals surface area contributed by atoms with Gasteiger partial charge in [0.05, 0.1) is 0 Å². The Morgan fingerprint density at radius 3 is 3.00 bits per heavy atom. The fourth-order valence-corrected chi connectivity index (χ4v) is 1.00. The molecular weight excluding hydrogens is 132 g/mol. The van der Waals surface area contributed by atoms with Crippen LogP contribution in [0.5, 0.6) is 0 Å². The first-order valence-electron chi connectivity index (χ1n) is 3.06. The zero-order valence-electron chi connectivity index (χ0n) is 5.18. The first-order chi connectivity index (χ1) is 4.43. The van der Waals surface area contributed by atoms with Gasteiger partial charge in [-0.15, -0.1) is 0 Å². The van der Waals surface area contributed by atoms with Gasteiger partial charge in [-0.1, -0.05) is 29.8 Å². The molecule has 1 rings (SSSR count). The van der Waals surface area contributed by atoms with Crippen LogP contribution >= 0.6 is 11.6 Å². The van der Waals surface area contributed by atoms with Gasteiger partial charge in [-0.3, -0.25) is 0 Å². The summed E-state index contributed by atoms with van der Waals surface area (Å²) in [5.41, 5.74) is 2.87. The predicted molar refractivity (Wildman–Crippen MR) is 41.5 cm³/mol. The van der Waals surface area contributed by atoms with Gasteiger partial charge in [-0.25, -0.2) is 0 Å². The Morgan fingerprint density at radius 1 is 1.56 bits per heavy atom. The molecule has 0 saturated carbocycles. The topological polar surface area (TPSA) is 0 Å². The molecule has 0 N–H and O–H groups in total. The number of allylic oxidation sites excluding steroid dienone is 5. The van der Waals surface area contributed by atoms with Crippen LogP contribution in [0.25, 0.3) is 0 Å². The molecular formula is C8H9Cl. The maximum atomic E-state index is 5.39. The second kappa shape index (κ2) is 3.52. The van der Waals surface area contributed by atoms with E-state index in [2.05, 4.69) is 18.2 Å². The largest absolute Gasteiger partial charge is 0.0929 e. The number of rotatable bonds is 1. The van der Waals surface area contributed by atoms with Crippen molar-refractivity contribution in [1.29, 1.82) is 0 Å². The van der Waals surface area contributed by atoms with Gasteiger partial charge < -0.3 is 0 Å². The average Bonchev–Trinajstić information content (AvgIpc) is 1.91. The van der Waals surface area contributed by atoms with Gasteiger partial charge in [-0.2, -0.15) is 0 Å². The lowest BCUT2D eigenvalue weighted by molar-refractivity contribution is 0.991. The van der Waals surface area contributed by atoms with E-state index >= 15 is 0 Å². The SMILES string of the molecule is Cl/C=C\C1=CC=CCC1. The summed E-state index contributed by atoms with van der Waals surface area (Å²) in [5, 5.41) is 0. The summed E-state index contributed by atoms with van der Waals surface area (Å²) >= 11 is 5.39. The van der Waals surface area contributed by atoms with Crippen LogP contribution in [0, 0.1) is 0 Å². The van der Waals surface area contributed by atoms with Gasteiger partial charge in [0.2, 0.25) is 0 Å². The van der Waals surface area contributed by atoms with Gasteiger partial charge in [0.15, 0.2) is 0 Å². The van der Waals surface area contributed by atoms with Crippen LogP contribution < -0.4 is 0 Å². The predicted octanol–water partition coefficient (Wildman–Crippen LogP) is 3.02. The minimum Gasteiger partial charge on any atom is -0.0929 e. The van der Waals surface area contributed by atoms with Gasteiger partial charge >= 0.3 is 0 Å². The molecule has 0 saturated heterocycles. The first kappa shape index (κ1) is 6.63. The lowest BCUT2D eigenvalue weighted by atomic mass is 10.1. The van der Waals surface area contributed by atoms with Crippen molar-refractivity contribution in [2.24, 2.45) is 0 Å². The highest BCUT2D eigenvalue weighted by Gasteiger charge is 1.92. The molecule has 9 heavy (non-hydrogen) atoms. The van der Waals surface area contributed by atoms with Crippen molar-refractivity contribution in [3.8, 4) is 0 Å². The number of halogens is 1. The Kier molecular flexibility index (Phi) is 2.59. The third-order valence-corrected chi connectivity index (χ3v) is 1.45. The second-order valence-electron chi connectivity index (χ2n) is 2.00. The minimum absolute atomic E-state index is 1.12. The molecule has 0 amide bonds. The summed E-state index contributed by atoms with van der Waals surface area (Å²) < 4.78 is 0. The molecule has 0 aromatic heterocycles. The molecule has 1 heteroatoms. The van der Waals surface area contributed by atoms with Gasteiger partial charge in [0.25, 0.3) is 0 Å². The minimum atomic E-state index is 1.12. The van der Waals surface area contributed by atoms with E-state index in [-0.39, 0.29) is 0 Å². The third-order valence-electron chi connectivity index (χ3n) is 1.32. The van der Waals surface area contributed by atoms with E-state index in [1.54, 1.807) is 5.54 Å². The van der Waals surface area contributed by atoms with Gasteiger partial charge in [0, 0.05) is 5.54 Å². The molecule has 0 bridgehead atoms. The summed E-state index contributed by atoms with van der Waals surface area (Å²) in [5.74, 6) is 0. The normalized spacial score (nSPS) is 18.6. The zero-order chi connectivity index (χ0) is 6.53. The Labute approximate surface area is 60.5 Å². The lowest BCUT2D eigenvalue weighted by Gasteiger charge is -2.00. The molecule has 0 radical (unpaired) electrons. The highest BCUT2D eigenvalue weighted by atomic mass is 35.5. The van der Waals surface area contributed by atoms with Crippen LogP contribution in [-0.4, -0.2) is 0 Å². The van der Waals surface area contributed by atoms with E-state index in [0.717, 1.165) is 12.8 Å². The van der Waals surface area contributed by atoms with E-state index < -0.39 is 0 Å². The fourth-order valence-electron chi connectivity index (χ4n) is 0.841. The summed E-state index contributed by atoms with van der Waals surface area (Å²) in [6, 6.07) is 0. The van der Waals surface area contributed by atoms with E-state index in [9.17, 15) is 0 Å². The summed E-state index contributed by atoms with van der Waals surface area (Å²) in [6.45, 7) is 0. The molecule has 0 unspecified atom stereocenters. The maximum absolute atomic E-state index is 5.39. The Hall–Kier alpha value is -0.490. The summed E-state index contributed by atoms with van der Waals surface area (Å²) in [7, 11) is 0. The Bertz CT molecular complexity index is 163. The first-order valence-corrected chi connectivity index (χ1v) is 3.49. The molecule has 1 aliphatic rings. The molecule has 0 fully saturated rings. The van der Waals surface area contributed by atoms with Crippen molar-refractivity contribution in [2.75, 3.05) is 0 Å². The number of hydrogen-bond acceptors (Lipinski definition) is 0. The van der Waals surface area contributed by atoms with Crippen molar-refractivity contribution < 1.29 is 0 Å². The van der Waals surface area contributed by atoms with Gasteiger partial charge in [-0.05, 0) is 24.5 Å². The summed E-state index contributed by atoms with van der Waals surface area (Å²) in [4.78, 5) is 0. The Morgan fingerprint density at radius 2 is 2.44 bits per heavy atom. The zero-order valence-corrected chi connectivity index (χ0v) is 5.93. The van der Waals surface area contributed by atoms with Gasteiger partial charge in [0.1, 0.15) is 0 Å². The molecule has 48 valence electrons. The van der Waals surface area contributed by atoms with Crippen molar-refractivity contribution in [3.05, 3.63) is 35.4 Å². The highest BCUT2D eigenvalue weighted by molar-refractivity contribution is 6.25. The van der Waals surface area contributed by atoms with Crippen molar-refractivity contribution in [2.45, 2.75) is 12.8 Å². The molecule has 1 aliphatic carbocycles. The van der Waals surface area contributed by atoms with Crippen LogP contribution in [0.3, 0.4) is 0 Å². The fraction of sp³-hybridized carbons (Fsp3) is 0.250. The second-order valence-corrected chi connectivity index (χ2v) is 2.25. The molecule has 0 spiro atoms. The van der Waals surface area contributed by atoms with E-state index in [0.29, 0.717) is 0 Å². The maximum Gasteiger partial charge on any atom is 0.00452 e. The van der Waals surface area contributed by atoms with Crippen LogP contribution in [0.1, 0.15) is 12.8 Å². The molecule has 0 aromatic carbocycles. The Balaban J connectivity index is 2.57. The smallest absolute Gasteiger partial charge is 0.00452 e.